The molecule has 6 atom stereocenters. The Morgan fingerprint density at radius 3 is 2.61 bits per heavy atom. The highest BCUT2D eigenvalue weighted by atomic mass is 32.2. The van der Waals surface area contributed by atoms with E-state index in [0.717, 1.165) is 42.1 Å². The number of hydrogen-bond acceptors (Lipinski definition) is 9. The van der Waals surface area contributed by atoms with Gasteiger partial charge in [-0.15, -0.1) is 0 Å². The summed E-state index contributed by atoms with van der Waals surface area (Å²) in [7, 11) is -3.97. The molecule has 54 heavy (non-hydrogen) atoms. The number of alkyl carbamates (subject to hydrolysis) is 1. The molecule has 3 aliphatic carbocycles. The first-order valence-electron chi connectivity index (χ1n) is 19.6. The Hall–Kier alpha value is -4.20. The summed E-state index contributed by atoms with van der Waals surface area (Å²) in [6, 6.07) is 5.89. The van der Waals surface area contributed by atoms with Crippen molar-refractivity contribution in [3.05, 3.63) is 47.7 Å². The largest absolute Gasteiger partial charge is 0.483 e. The predicted molar refractivity (Wildman–Crippen MR) is 200 cm³/mol. The summed E-state index contributed by atoms with van der Waals surface area (Å²) in [5.74, 6) is -1.21. The first-order valence-corrected chi connectivity index (χ1v) is 21.1. The van der Waals surface area contributed by atoms with E-state index in [2.05, 4.69) is 15.4 Å². The minimum absolute atomic E-state index is 0.0800. The first kappa shape index (κ1) is 36.8. The van der Waals surface area contributed by atoms with Crippen molar-refractivity contribution in [2.24, 2.45) is 11.8 Å². The molecule has 6 aliphatic rings. The predicted octanol–water partition coefficient (Wildman–Crippen LogP) is 4.49. The lowest BCUT2D eigenvalue weighted by Gasteiger charge is -2.36. The number of nitrogens with zero attached hydrogens (tertiary/aromatic N) is 2. The number of carbonyl (C=O) groups is 4. The standard InChI is InChI=1S/C40H51N5O8S/c1-24-33-29(28-12-9-10-13-30(28)41-24)17-18-39(53-33)22-32-34(46)43-40(36(48)44-54(50,51)38(3)19-20-38)21-27(40)11-7-5-4-6-8-14-31(35(47)45(32)23-39)42-37(49)52-25(2)26-15-16-26/h7,9-13,25-27,31-32H,4-6,8,14-23H2,1-3H3,(H,42,49)(H,43,46)(H,44,48)/b11-7-/t25?,27-,31+,32+,39-,40-/m1/s1. The number of carbonyl (C=O) groups excluding carboxylic acids is 4. The summed E-state index contributed by atoms with van der Waals surface area (Å²) in [5.41, 5.74) is 0.177. The highest BCUT2D eigenvalue weighted by Crippen LogP contribution is 2.49. The molecule has 3 saturated carbocycles. The fourth-order valence-corrected chi connectivity index (χ4v) is 9.96. The lowest BCUT2D eigenvalue weighted by Crippen LogP contribution is -2.58. The molecule has 4 fully saturated rings. The number of hydrogen-bond donors (Lipinski definition) is 3. The van der Waals surface area contributed by atoms with Crippen LogP contribution in [0.1, 0.15) is 102 Å². The Kier molecular flexibility index (Phi) is 9.21. The third kappa shape index (κ3) is 6.83. The van der Waals surface area contributed by atoms with E-state index in [1.54, 1.807) is 6.92 Å². The highest BCUT2D eigenvalue weighted by molar-refractivity contribution is 7.91. The number of aryl methyl sites for hydroxylation is 2. The minimum Gasteiger partial charge on any atom is -0.483 e. The second-order valence-corrected chi connectivity index (χ2v) is 19.1. The normalized spacial score (nSPS) is 31.7. The van der Waals surface area contributed by atoms with Gasteiger partial charge in [-0.25, -0.2) is 18.2 Å². The molecule has 1 saturated heterocycles. The van der Waals surface area contributed by atoms with Crippen LogP contribution in [0.25, 0.3) is 10.9 Å². The summed E-state index contributed by atoms with van der Waals surface area (Å²) in [4.78, 5) is 62.8. The van der Waals surface area contributed by atoms with E-state index in [0.29, 0.717) is 62.3 Å². The van der Waals surface area contributed by atoms with Crippen LogP contribution in [0.15, 0.2) is 36.4 Å². The lowest BCUT2D eigenvalue weighted by atomic mass is 9.87. The SMILES string of the molecule is Cc1nc2ccccc2c2c1O[C@]1(CC2)C[C@H]2C(=O)N[C@]3(C(=O)NS(=O)(=O)C4(C)CC4)C[C@H]3/C=C\CCCCC[C@H](NC(=O)OC(C)C3CC3)C(=O)N2C1. The highest BCUT2D eigenvalue weighted by Gasteiger charge is 2.64. The minimum atomic E-state index is -3.97. The van der Waals surface area contributed by atoms with Gasteiger partial charge in [-0.1, -0.05) is 43.2 Å². The lowest BCUT2D eigenvalue weighted by molar-refractivity contribution is -0.141. The third-order valence-electron chi connectivity index (χ3n) is 12.8. The monoisotopic (exact) mass is 761 g/mol. The van der Waals surface area contributed by atoms with Crippen molar-refractivity contribution in [1.29, 1.82) is 0 Å². The van der Waals surface area contributed by atoms with Gasteiger partial charge in [-0.3, -0.25) is 19.1 Å². The molecular weight excluding hydrogens is 711 g/mol. The molecule has 1 unspecified atom stereocenters. The summed E-state index contributed by atoms with van der Waals surface area (Å²) >= 11 is 0. The summed E-state index contributed by atoms with van der Waals surface area (Å²) in [5, 5.41) is 6.80. The number of benzene rings is 1. The van der Waals surface area contributed by atoms with Crippen LogP contribution in [-0.2, 0) is 35.6 Å². The van der Waals surface area contributed by atoms with E-state index < -0.39 is 67.7 Å². The van der Waals surface area contributed by atoms with Crippen LogP contribution >= 0.6 is 0 Å². The Morgan fingerprint density at radius 1 is 1.07 bits per heavy atom. The number of rotatable bonds is 6. The van der Waals surface area contributed by atoms with Crippen LogP contribution in [0, 0.1) is 18.8 Å². The van der Waals surface area contributed by atoms with E-state index in [1.165, 1.54) is 4.90 Å². The molecule has 1 aromatic carbocycles. The van der Waals surface area contributed by atoms with Crippen LogP contribution in [0.3, 0.4) is 0 Å². The number of fused-ring (bicyclic) bond motifs is 5. The number of ether oxygens (including phenoxy) is 2. The summed E-state index contributed by atoms with van der Waals surface area (Å²) < 4.78 is 40.2. The van der Waals surface area contributed by atoms with Crippen LogP contribution < -0.4 is 20.1 Å². The van der Waals surface area contributed by atoms with Crippen molar-refractivity contribution in [2.45, 2.75) is 138 Å². The zero-order valence-corrected chi connectivity index (χ0v) is 32.1. The van der Waals surface area contributed by atoms with E-state index in [1.807, 2.05) is 50.3 Å². The number of nitrogens with one attached hydrogen (secondary N) is 3. The quantitative estimate of drug-likeness (QED) is 0.359. The van der Waals surface area contributed by atoms with Gasteiger partial charge in [-0.2, -0.15) is 0 Å². The zero-order chi connectivity index (χ0) is 38.0. The molecule has 0 bridgehead atoms. The molecule has 290 valence electrons. The maximum Gasteiger partial charge on any atom is 0.408 e. The van der Waals surface area contributed by atoms with E-state index in [9.17, 15) is 27.6 Å². The third-order valence-corrected chi connectivity index (χ3v) is 14.9. The molecule has 0 radical (unpaired) electrons. The molecule has 1 spiro atoms. The topological polar surface area (TPSA) is 173 Å². The molecule has 14 heteroatoms. The van der Waals surface area contributed by atoms with Gasteiger partial charge in [0.15, 0.2) is 0 Å². The molecular formula is C40H51N5O8S. The van der Waals surface area contributed by atoms with Gasteiger partial charge in [-0.05, 0) is 97.0 Å². The molecule has 4 amide bonds. The van der Waals surface area contributed by atoms with Gasteiger partial charge in [0.2, 0.25) is 21.8 Å². The number of aromatic nitrogens is 1. The second-order valence-electron chi connectivity index (χ2n) is 16.9. The van der Waals surface area contributed by atoms with Crippen LogP contribution in [0.2, 0.25) is 0 Å². The Balaban J connectivity index is 1.12. The van der Waals surface area contributed by atoms with Crippen LogP contribution in [0.5, 0.6) is 5.75 Å². The number of pyridine rings is 1. The average Bonchev–Trinajstić information content (AvgIpc) is 4.06. The van der Waals surface area contributed by atoms with Gasteiger partial charge in [0, 0.05) is 23.3 Å². The molecule has 3 aliphatic heterocycles. The van der Waals surface area contributed by atoms with Gasteiger partial charge >= 0.3 is 6.09 Å². The molecule has 8 rings (SSSR count). The van der Waals surface area contributed by atoms with Gasteiger partial charge in [0.05, 0.1) is 22.5 Å². The summed E-state index contributed by atoms with van der Waals surface area (Å²) in [6.45, 7) is 5.44. The Bertz CT molecular complexity index is 2030. The molecule has 4 heterocycles. The number of amides is 4. The van der Waals surface area contributed by atoms with Crippen molar-refractivity contribution >= 4 is 44.7 Å². The molecule has 13 nitrogen and oxygen atoms in total. The smallest absolute Gasteiger partial charge is 0.408 e. The fourth-order valence-electron chi connectivity index (χ4n) is 8.65. The van der Waals surface area contributed by atoms with E-state index >= 15 is 0 Å². The summed E-state index contributed by atoms with van der Waals surface area (Å²) in [6.07, 6.45) is 10.7. The average molecular weight is 762 g/mol. The number of sulfonamides is 1. The Morgan fingerprint density at radius 2 is 1.85 bits per heavy atom. The van der Waals surface area contributed by atoms with Crippen molar-refractivity contribution in [3.63, 3.8) is 0 Å². The van der Waals surface area contributed by atoms with Crippen molar-refractivity contribution < 1.29 is 37.1 Å². The zero-order valence-electron chi connectivity index (χ0n) is 31.3. The fraction of sp³-hybridized carbons (Fsp3) is 0.625. The van der Waals surface area contributed by atoms with Crippen LogP contribution in [-0.4, -0.2) is 82.7 Å². The maximum absolute atomic E-state index is 14.7. The number of allylic oxidation sites excluding steroid dienone is 1. The van der Waals surface area contributed by atoms with Crippen molar-refractivity contribution in [2.75, 3.05) is 6.54 Å². The Labute approximate surface area is 316 Å². The maximum atomic E-state index is 14.7. The molecule has 1 aromatic heterocycles. The second kappa shape index (κ2) is 13.5. The van der Waals surface area contributed by atoms with E-state index in [4.69, 9.17) is 14.5 Å². The molecule has 2 aromatic rings. The van der Waals surface area contributed by atoms with Crippen molar-refractivity contribution in [1.82, 2.24) is 25.2 Å². The van der Waals surface area contributed by atoms with Gasteiger partial charge < -0.3 is 25.0 Å². The number of para-hydroxylation sites is 1. The van der Waals surface area contributed by atoms with Gasteiger partial charge in [0.1, 0.15) is 35.1 Å². The van der Waals surface area contributed by atoms with Crippen molar-refractivity contribution in [3.8, 4) is 5.75 Å². The van der Waals surface area contributed by atoms with Gasteiger partial charge in [0.25, 0.3) is 5.91 Å². The van der Waals surface area contributed by atoms with Crippen LogP contribution in [0.4, 0.5) is 4.79 Å². The first-order chi connectivity index (χ1) is 25.7. The molecule has 3 N–H and O–H groups in total. The van der Waals surface area contributed by atoms with E-state index in [-0.39, 0.29) is 25.5 Å².